The topological polar surface area (TPSA) is 111 Å². The Bertz CT molecular complexity index is 1380. The van der Waals surface area contributed by atoms with Crippen molar-refractivity contribution < 1.29 is 23.1 Å². The molecule has 4 rings (SSSR count). The number of rotatable bonds is 14. The van der Waals surface area contributed by atoms with E-state index in [2.05, 4.69) is 30.8 Å². The van der Waals surface area contributed by atoms with Crippen molar-refractivity contribution in [3.8, 4) is 5.75 Å². The number of amides is 1. The van der Waals surface area contributed by atoms with Crippen molar-refractivity contribution in [2.75, 3.05) is 58.7 Å². The summed E-state index contributed by atoms with van der Waals surface area (Å²) in [4.78, 5) is 36.2. The number of hydrogen-bond acceptors (Lipinski definition) is 9. The number of ether oxygens (including phenoxy) is 1. The number of halogens is 2. The van der Waals surface area contributed by atoms with Crippen molar-refractivity contribution in [2.24, 2.45) is 9.98 Å². The lowest BCUT2D eigenvalue weighted by atomic mass is 9.99. The number of hydrogen-bond donors (Lipinski definition) is 3. The fourth-order valence-corrected chi connectivity index (χ4v) is 4.98. The summed E-state index contributed by atoms with van der Waals surface area (Å²) in [6.07, 6.45) is 5.00. The third kappa shape index (κ3) is 7.18. The molecule has 1 amide bonds. The SMILES string of the molecule is COc1ccc(C2CN=C3C(Nc4ccc(C(=O)NCCCN(C)CCNCC=O)c(C)c4)=NC=CN32)c(CF)c1F. The predicted octanol–water partition coefficient (Wildman–Crippen LogP) is 3.20. The number of carbonyl (C=O) groups is 2. The average molecular weight is 582 g/mol. The fourth-order valence-electron chi connectivity index (χ4n) is 4.98. The molecule has 2 aliphatic heterocycles. The highest BCUT2D eigenvalue weighted by Crippen LogP contribution is 2.35. The number of aldehydes is 1. The Labute approximate surface area is 244 Å². The number of likely N-dealkylation sites (N-methyl/N-ethyl adjacent to an activating group) is 1. The van der Waals surface area contributed by atoms with E-state index < -0.39 is 12.5 Å². The molecule has 0 fully saturated rings. The first kappa shape index (κ1) is 30.8. The van der Waals surface area contributed by atoms with Gasteiger partial charge in [0.25, 0.3) is 5.91 Å². The highest BCUT2D eigenvalue weighted by atomic mass is 19.1. The summed E-state index contributed by atoms with van der Waals surface area (Å²) in [5.74, 6) is 0.216. The highest BCUT2D eigenvalue weighted by molar-refractivity contribution is 6.45. The Balaban J connectivity index is 1.33. The van der Waals surface area contributed by atoms with Gasteiger partial charge in [0.15, 0.2) is 23.2 Å². The van der Waals surface area contributed by atoms with Gasteiger partial charge in [-0.3, -0.25) is 9.79 Å². The van der Waals surface area contributed by atoms with E-state index in [9.17, 15) is 18.4 Å². The monoisotopic (exact) mass is 581 g/mol. The summed E-state index contributed by atoms with van der Waals surface area (Å²) in [6.45, 7) is 4.50. The number of alkyl halides is 1. The van der Waals surface area contributed by atoms with Crippen LogP contribution in [0.4, 0.5) is 14.5 Å². The first-order chi connectivity index (χ1) is 20.4. The van der Waals surface area contributed by atoms with Gasteiger partial charge in [-0.05, 0) is 62.3 Å². The van der Waals surface area contributed by atoms with Crippen molar-refractivity contribution in [2.45, 2.75) is 26.1 Å². The average Bonchev–Trinajstić information content (AvgIpc) is 3.42. The number of nitrogens with zero attached hydrogens (tertiary/aromatic N) is 4. The molecule has 42 heavy (non-hydrogen) atoms. The zero-order valence-corrected chi connectivity index (χ0v) is 24.1. The van der Waals surface area contributed by atoms with Gasteiger partial charge in [0.05, 0.1) is 26.2 Å². The lowest BCUT2D eigenvalue weighted by Crippen LogP contribution is -2.37. The van der Waals surface area contributed by atoms with Gasteiger partial charge in [0.2, 0.25) is 0 Å². The molecule has 3 N–H and O–H groups in total. The zero-order chi connectivity index (χ0) is 30.1. The van der Waals surface area contributed by atoms with Crippen LogP contribution in [0.1, 0.15) is 39.5 Å². The van der Waals surface area contributed by atoms with Crippen LogP contribution in [0.25, 0.3) is 0 Å². The number of amidine groups is 2. The Kier molecular flexibility index (Phi) is 10.7. The summed E-state index contributed by atoms with van der Waals surface area (Å²) in [6, 6.07) is 8.23. The summed E-state index contributed by atoms with van der Waals surface area (Å²) in [5.41, 5.74) is 2.57. The summed E-state index contributed by atoms with van der Waals surface area (Å²) < 4.78 is 33.6. The predicted molar refractivity (Wildman–Crippen MR) is 159 cm³/mol. The minimum absolute atomic E-state index is 0.0000954. The molecular weight excluding hydrogens is 544 g/mol. The molecule has 0 radical (unpaired) electrons. The molecule has 12 heteroatoms. The third-order valence-electron chi connectivity index (χ3n) is 7.23. The molecule has 0 aliphatic carbocycles. The van der Waals surface area contributed by atoms with Crippen LogP contribution in [0.3, 0.4) is 0 Å². The van der Waals surface area contributed by atoms with Crippen LogP contribution in [0.5, 0.6) is 5.75 Å². The second-order valence-electron chi connectivity index (χ2n) is 10.1. The molecule has 224 valence electrons. The van der Waals surface area contributed by atoms with Gasteiger partial charge in [-0.2, -0.15) is 0 Å². The van der Waals surface area contributed by atoms with Crippen LogP contribution in [-0.4, -0.2) is 87.1 Å². The number of methoxy groups -OCH3 is 1. The maximum atomic E-state index is 14.8. The number of nitrogens with one attached hydrogen (secondary N) is 3. The molecule has 0 spiro atoms. The number of aryl methyl sites for hydroxylation is 1. The van der Waals surface area contributed by atoms with Crippen LogP contribution < -0.4 is 20.7 Å². The van der Waals surface area contributed by atoms with Crippen molar-refractivity contribution in [3.63, 3.8) is 0 Å². The maximum Gasteiger partial charge on any atom is 0.251 e. The van der Waals surface area contributed by atoms with Gasteiger partial charge in [-0.25, -0.2) is 13.8 Å². The van der Waals surface area contributed by atoms with Crippen molar-refractivity contribution >= 4 is 29.6 Å². The third-order valence-corrected chi connectivity index (χ3v) is 7.23. The second-order valence-corrected chi connectivity index (χ2v) is 10.1. The van der Waals surface area contributed by atoms with E-state index in [1.165, 1.54) is 13.2 Å². The van der Waals surface area contributed by atoms with Gasteiger partial charge >= 0.3 is 0 Å². The second kappa shape index (κ2) is 14.6. The molecular formula is C30H37F2N7O3. The van der Waals surface area contributed by atoms with Gasteiger partial charge in [-0.1, -0.05) is 6.07 Å². The Morgan fingerprint density at radius 1 is 1.24 bits per heavy atom. The molecule has 0 saturated heterocycles. The molecule has 10 nitrogen and oxygen atoms in total. The van der Waals surface area contributed by atoms with Crippen LogP contribution in [0.15, 0.2) is 52.7 Å². The number of anilines is 1. The van der Waals surface area contributed by atoms with Crippen LogP contribution in [0, 0.1) is 12.7 Å². The van der Waals surface area contributed by atoms with E-state index in [0.717, 1.165) is 43.6 Å². The van der Waals surface area contributed by atoms with Crippen molar-refractivity contribution in [1.29, 1.82) is 0 Å². The Morgan fingerprint density at radius 2 is 2.07 bits per heavy atom. The molecule has 1 atom stereocenters. The highest BCUT2D eigenvalue weighted by Gasteiger charge is 2.34. The maximum absolute atomic E-state index is 14.8. The molecule has 2 aromatic carbocycles. The van der Waals surface area contributed by atoms with E-state index in [1.807, 2.05) is 24.9 Å². The molecule has 2 aliphatic rings. The fraction of sp³-hybridized carbons (Fsp3) is 0.400. The van der Waals surface area contributed by atoms with E-state index in [1.54, 1.807) is 30.6 Å². The van der Waals surface area contributed by atoms with Gasteiger partial charge in [-0.15, -0.1) is 0 Å². The van der Waals surface area contributed by atoms with E-state index in [-0.39, 0.29) is 23.3 Å². The van der Waals surface area contributed by atoms with Gasteiger partial charge < -0.3 is 35.3 Å². The quantitative estimate of drug-likeness (QED) is 0.232. The Hall–Kier alpha value is -4.16. The molecule has 0 bridgehead atoms. The molecule has 0 saturated carbocycles. The van der Waals surface area contributed by atoms with E-state index >= 15 is 0 Å². The number of carbonyl (C=O) groups excluding carboxylic acids is 2. The van der Waals surface area contributed by atoms with Gasteiger partial charge in [0, 0.05) is 48.8 Å². The lowest BCUT2D eigenvalue weighted by Gasteiger charge is -2.28. The summed E-state index contributed by atoms with van der Waals surface area (Å²) >= 11 is 0. The number of aliphatic imine (C=N–C) groups is 2. The minimum Gasteiger partial charge on any atom is -0.494 e. The Morgan fingerprint density at radius 3 is 2.81 bits per heavy atom. The minimum atomic E-state index is -0.960. The van der Waals surface area contributed by atoms with Crippen LogP contribution >= 0.6 is 0 Å². The van der Waals surface area contributed by atoms with Crippen LogP contribution in [0.2, 0.25) is 0 Å². The molecule has 2 aromatic rings. The largest absolute Gasteiger partial charge is 0.494 e. The lowest BCUT2D eigenvalue weighted by molar-refractivity contribution is -0.107. The van der Waals surface area contributed by atoms with E-state index in [0.29, 0.717) is 42.4 Å². The smallest absolute Gasteiger partial charge is 0.251 e. The molecule has 0 aromatic heterocycles. The van der Waals surface area contributed by atoms with Crippen molar-refractivity contribution in [3.05, 3.63) is 70.8 Å². The van der Waals surface area contributed by atoms with E-state index in [4.69, 9.17) is 4.74 Å². The number of benzene rings is 2. The summed E-state index contributed by atoms with van der Waals surface area (Å²) in [7, 11) is 3.35. The number of fused-ring (bicyclic) bond motifs is 1. The zero-order valence-electron chi connectivity index (χ0n) is 24.1. The normalized spacial score (nSPS) is 15.8. The first-order valence-corrected chi connectivity index (χ1v) is 13.9. The first-order valence-electron chi connectivity index (χ1n) is 13.9. The van der Waals surface area contributed by atoms with Gasteiger partial charge in [0.1, 0.15) is 13.0 Å². The van der Waals surface area contributed by atoms with Crippen molar-refractivity contribution in [1.82, 2.24) is 20.4 Å². The molecule has 2 heterocycles. The van der Waals surface area contributed by atoms with Crippen LogP contribution in [-0.2, 0) is 11.5 Å². The standard InChI is InChI=1S/C30H37F2N7O3/c1-20-17-21(5-6-22(20)30(41)35-9-4-13-38(2)14-10-33-12-16-40)37-28-29-36-19-25(39(29)15-11-34-28)23-7-8-26(42-3)27(32)24(23)18-31/h5-8,11,15-17,25,33H,4,9-10,12-14,18-19H2,1-3H3,(H,34,37)(H,35,41). The molecule has 1 unspecified atom stereocenters. The summed E-state index contributed by atoms with van der Waals surface area (Å²) in [5, 5.41) is 9.28.